The van der Waals surface area contributed by atoms with Gasteiger partial charge in [0.15, 0.2) is 0 Å². The Morgan fingerprint density at radius 1 is 1.06 bits per heavy atom. The Kier molecular flexibility index (Phi) is 2.52. The van der Waals surface area contributed by atoms with Crippen molar-refractivity contribution in [1.29, 1.82) is 0 Å². The smallest absolute Gasteiger partial charge is 0.315 e. The van der Waals surface area contributed by atoms with Crippen LogP contribution in [0.5, 0.6) is 5.75 Å². The Hall–Kier alpha value is -2.29. The van der Waals surface area contributed by atoms with E-state index in [1.54, 1.807) is 0 Å². The summed E-state index contributed by atoms with van der Waals surface area (Å²) in [6.45, 7) is 0.414. The molecule has 0 fully saturated rings. The molecule has 2 aromatic carbocycles. The fourth-order valence-corrected chi connectivity index (χ4v) is 2.39. The van der Waals surface area contributed by atoms with E-state index in [9.17, 15) is 9.90 Å². The molecular weight excluding hydrogens is 228 g/mol. The zero-order valence-corrected chi connectivity index (χ0v) is 9.67. The summed E-state index contributed by atoms with van der Waals surface area (Å²) in [5.74, 6) is -0.846. The molecule has 90 valence electrons. The highest BCUT2D eigenvalue weighted by atomic mass is 16.5. The Morgan fingerprint density at radius 2 is 1.72 bits per heavy atom. The van der Waals surface area contributed by atoms with Crippen LogP contribution in [-0.2, 0) is 11.4 Å². The molecule has 1 aliphatic heterocycles. The molecule has 1 N–H and O–H groups in total. The van der Waals surface area contributed by atoms with Crippen molar-refractivity contribution in [1.82, 2.24) is 0 Å². The lowest BCUT2D eigenvalue weighted by Crippen LogP contribution is -2.13. The van der Waals surface area contributed by atoms with Crippen LogP contribution in [0.25, 0.3) is 0 Å². The number of hydrogen-bond acceptors (Lipinski definition) is 2. The molecule has 1 unspecified atom stereocenters. The summed E-state index contributed by atoms with van der Waals surface area (Å²) >= 11 is 0. The lowest BCUT2D eigenvalue weighted by molar-refractivity contribution is -0.137. The van der Waals surface area contributed by atoms with Gasteiger partial charge < -0.3 is 9.84 Å². The molecule has 0 radical (unpaired) electrons. The molecule has 0 saturated carbocycles. The maximum Gasteiger partial charge on any atom is 0.315 e. The van der Waals surface area contributed by atoms with Crippen molar-refractivity contribution in [2.75, 3.05) is 0 Å². The zero-order chi connectivity index (χ0) is 12.5. The third-order valence-electron chi connectivity index (χ3n) is 3.23. The van der Waals surface area contributed by atoms with Crippen molar-refractivity contribution in [2.45, 2.75) is 12.5 Å². The molecule has 1 heterocycles. The van der Waals surface area contributed by atoms with Crippen LogP contribution in [0.2, 0.25) is 0 Å². The lowest BCUT2D eigenvalue weighted by Gasteiger charge is -2.14. The summed E-state index contributed by atoms with van der Waals surface area (Å²) in [4.78, 5) is 11.6. The molecule has 3 heteroatoms. The third-order valence-corrected chi connectivity index (χ3v) is 3.23. The molecular formula is C15H12O3. The molecule has 1 aliphatic rings. The highest BCUT2D eigenvalue weighted by Crippen LogP contribution is 2.37. The largest absolute Gasteiger partial charge is 0.489 e. The normalized spacial score (nSPS) is 17.0. The average molecular weight is 240 g/mol. The molecule has 0 amide bonds. The summed E-state index contributed by atoms with van der Waals surface area (Å²) < 4.78 is 5.69. The van der Waals surface area contributed by atoms with Gasteiger partial charge in [-0.25, -0.2) is 0 Å². The van der Waals surface area contributed by atoms with Crippen LogP contribution in [0.3, 0.4) is 0 Å². The quantitative estimate of drug-likeness (QED) is 0.833. The first-order valence-corrected chi connectivity index (χ1v) is 5.79. The first-order valence-electron chi connectivity index (χ1n) is 5.79. The van der Waals surface area contributed by atoms with Gasteiger partial charge in [0.2, 0.25) is 0 Å². The van der Waals surface area contributed by atoms with E-state index in [1.165, 1.54) is 0 Å². The van der Waals surface area contributed by atoms with Crippen LogP contribution in [-0.4, -0.2) is 11.1 Å². The average Bonchev–Trinajstić information content (AvgIpc) is 2.55. The Labute approximate surface area is 105 Å². The lowest BCUT2D eigenvalue weighted by atomic mass is 9.89. The molecule has 18 heavy (non-hydrogen) atoms. The monoisotopic (exact) mass is 240 g/mol. The second-order valence-electron chi connectivity index (χ2n) is 4.30. The number of benzene rings is 2. The first kappa shape index (κ1) is 10.8. The van der Waals surface area contributed by atoms with Crippen LogP contribution >= 0.6 is 0 Å². The summed E-state index contributed by atoms with van der Waals surface area (Å²) in [7, 11) is 0. The van der Waals surface area contributed by atoms with Crippen LogP contribution in [0, 0.1) is 0 Å². The number of carboxylic acids is 1. The molecule has 3 rings (SSSR count). The number of carbonyl (C=O) groups is 1. The van der Waals surface area contributed by atoms with Crippen molar-refractivity contribution in [3.05, 3.63) is 65.2 Å². The van der Waals surface area contributed by atoms with Crippen LogP contribution < -0.4 is 4.74 Å². The van der Waals surface area contributed by atoms with E-state index in [1.807, 2.05) is 48.5 Å². The standard InChI is InChI=1S/C15H12O3/c16-15(17)14-11-6-2-1-5-10(11)9-18-13-8-4-3-7-12(13)14/h1-8,14H,9H2,(H,16,17). The van der Waals surface area contributed by atoms with Gasteiger partial charge in [-0.3, -0.25) is 4.79 Å². The highest BCUT2D eigenvalue weighted by molar-refractivity contribution is 5.82. The fraction of sp³-hybridized carbons (Fsp3) is 0.133. The van der Waals surface area contributed by atoms with Gasteiger partial charge in [0.25, 0.3) is 0 Å². The van der Waals surface area contributed by atoms with Gasteiger partial charge in [-0.05, 0) is 17.2 Å². The van der Waals surface area contributed by atoms with E-state index in [0.29, 0.717) is 12.4 Å². The van der Waals surface area contributed by atoms with E-state index in [2.05, 4.69) is 0 Å². The van der Waals surface area contributed by atoms with Crippen LogP contribution in [0.15, 0.2) is 48.5 Å². The van der Waals surface area contributed by atoms with Crippen molar-refractivity contribution in [3.8, 4) is 5.75 Å². The van der Waals surface area contributed by atoms with Crippen LogP contribution in [0.4, 0.5) is 0 Å². The molecule has 0 saturated heterocycles. The number of aliphatic carboxylic acids is 1. The van der Waals surface area contributed by atoms with E-state index in [-0.39, 0.29) is 0 Å². The second-order valence-corrected chi connectivity index (χ2v) is 4.30. The van der Waals surface area contributed by atoms with Crippen molar-refractivity contribution >= 4 is 5.97 Å². The van der Waals surface area contributed by atoms with Gasteiger partial charge in [0, 0.05) is 5.56 Å². The van der Waals surface area contributed by atoms with E-state index < -0.39 is 11.9 Å². The number of fused-ring (bicyclic) bond motifs is 2. The minimum Gasteiger partial charge on any atom is -0.489 e. The van der Waals surface area contributed by atoms with Crippen molar-refractivity contribution in [2.24, 2.45) is 0 Å². The third kappa shape index (κ3) is 1.64. The fourth-order valence-electron chi connectivity index (χ4n) is 2.39. The molecule has 0 aliphatic carbocycles. The number of para-hydroxylation sites is 1. The maximum absolute atomic E-state index is 11.6. The van der Waals surface area contributed by atoms with E-state index >= 15 is 0 Å². The second kappa shape index (κ2) is 4.18. The first-order chi connectivity index (χ1) is 8.77. The molecule has 3 nitrogen and oxygen atoms in total. The van der Waals surface area contributed by atoms with Gasteiger partial charge in [-0.2, -0.15) is 0 Å². The van der Waals surface area contributed by atoms with Gasteiger partial charge in [-0.1, -0.05) is 42.5 Å². The number of rotatable bonds is 1. The predicted octanol–water partition coefficient (Wildman–Crippen LogP) is 2.80. The summed E-state index contributed by atoms with van der Waals surface area (Å²) in [6, 6.07) is 14.9. The van der Waals surface area contributed by atoms with Gasteiger partial charge in [-0.15, -0.1) is 0 Å². The molecule has 0 aromatic heterocycles. The predicted molar refractivity (Wildman–Crippen MR) is 66.7 cm³/mol. The Balaban J connectivity index is 2.24. The maximum atomic E-state index is 11.6. The van der Waals surface area contributed by atoms with E-state index in [0.717, 1.165) is 16.7 Å². The van der Waals surface area contributed by atoms with Gasteiger partial charge >= 0.3 is 5.97 Å². The SMILES string of the molecule is O=C(O)C1c2ccccc2COc2ccccc21. The topological polar surface area (TPSA) is 46.5 Å². The van der Waals surface area contributed by atoms with Gasteiger partial charge in [0.05, 0.1) is 0 Å². The number of hydrogen-bond donors (Lipinski definition) is 1. The van der Waals surface area contributed by atoms with E-state index in [4.69, 9.17) is 4.74 Å². The molecule has 2 aromatic rings. The Bertz CT molecular complexity index is 557. The van der Waals surface area contributed by atoms with Crippen molar-refractivity contribution in [3.63, 3.8) is 0 Å². The highest BCUT2D eigenvalue weighted by Gasteiger charge is 2.29. The summed E-state index contributed by atoms with van der Waals surface area (Å²) in [5.41, 5.74) is 2.46. The minimum atomic E-state index is -0.847. The summed E-state index contributed by atoms with van der Waals surface area (Å²) in [6.07, 6.45) is 0. The van der Waals surface area contributed by atoms with Crippen molar-refractivity contribution < 1.29 is 14.6 Å². The summed E-state index contributed by atoms with van der Waals surface area (Å²) in [5, 5.41) is 9.50. The van der Waals surface area contributed by atoms with Gasteiger partial charge in [0.1, 0.15) is 18.3 Å². The van der Waals surface area contributed by atoms with Crippen LogP contribution in [0.1, 0.15) is 22.6 Å². The number of carboxylic acid groups (broad SMARTS) is 1. The molecule has 0 bridgehead atoms. The molecule has 0 spiro atoms. The number of ether oxygens (including phenoxy) is 1. The molecule has 1 atom stereocenters. The Morgan fingerprint density at radius 3 is 2.50 bits per heavy atom. The minimum absolute atomic E-state index is 0.414. The zero-order valence-electron chi connectivity index (χ0n) is 9.67.